The summed E-state index contributed by atoms with van der Waals surface area (Å²) >= 11 is 0. The molecule has 0 spiro atoms. The molecule has 0 saturated carbocycles. The van der Waals surface area contributed by atoms with E-state index in [-0.39, 0.29) is 28.3 Å². The fraction of sp³-hybridized carbons (Fsp3) is 0.312. The number of hydrogen-bond donors (Lipinski definition) is 0. The smallest absolute Gasteiger partial charge is 0.291 e. The summed E-state index contributed by atoms with van der Waals surface area (Å²) in [6.45, 7) is 6.32. The van der Waals surface area contributed by atoms with E-state index < -0.39 is 27.8 Å². The molecule has 212 valence electrons. The predicted octanol–water partition coefficient (Wildman–Crippen LogP) is 5.12. The van der Waals surface area contributed by atoms with Crippen LogP contribution in [0.3, 0.4) is 0 Å². The van der Waals surface area contributed by atoms with Crippen LogP contribution >= 0.6 is 0 Å². The molecule has 3 heterocycles. The molecule has 1 amide bonds. The number of carbonyl (C=O) groups is 1. The molecule has 0 N–H and O–H groups in total. The zero-order chi connectivity index (χ0) is 28.9. The maximum absolute atomic E-state index is 14.1. The van der Waals surface area contributed by atoms with Crippen molar-refractivity contribution in [2.24, 2.45) is 0 Å². The van der Waals surface area contributed by atoms with Crippen molar-refractivity contribution < 1.29 is 27.1 Å². The molecule has 9 heteroatoms. The fourth-order valence-corrected chi connectivity index (χ4v) is 7.67. The third kappa shape index (κ3) is 4.88. The number of ether oxygens (including phenoxy) is 2. The number of amides is 1. The molecule has 0 radical (unpaired) electrons. The van der Waals surface area contributed by atoms with Crippen LogP contribution in [0, 0.1) is 13.8 Å². The van der Waals surface area contributed by atoms with E-state index in [1.807, 2.05) is 57.2 Å². The van der Waals surface area contributed by atoms with Gasteiger partial charge in [-0.15, -0.1) is 0 Å². The molecule has 2 aliphatic heterocycles. The zero-order valence-electron chi connectivity index (χ0n) is 23.2. The molecule has 1 saturated heterocycles. The summed E-state index contributed by atoms with van der Waals surface area (Å²) < 4.78 is 43.1. The van der Waals surface area contributed by atoms with Crippen molar-refractivity contribution in [1.29, 1.82) is 0 Å². The highest BCUT2D eigenvalue weighted by Crippen LogP contribution is 2.44. The van der Waals surface area contributed by atoms with Crippen molar-refractivity contribution in [3.63, 3.8) is 0 Å². The Balaban J connectivity index is 1.49. The summed E-state index contributed by atoms with van der Waals surface area (Å²) in [6.07, 6.45) is 0.293. The molecule has 4 aromatic rings. The van der Waals surface area contributed by atoms with Gasteiger partial charge in [-0.3, -0.25) is 9.59 Å². The van der Waals surface area contributed by atoms with Crippen molar-refractivity contribution in [3.05, 3.63) is 104 Å². The van der Waals surface area contributed by atoms with Crippen LogP contribution in [0.1, 0.15) is 57.8 Å². The summed E-state index contributed by atoms with van der Waals surface area (Å²) in [4.78, 5) is 29.5. The largest absolute Gasteiger partial charge is 0.490 e. The molecule has 2 aliphatic rings. The van der Waals surface area contributed by atoms with Crippen LogP contribution in [0.25, 0.3) is 11.0 Å². The van der Waals surface area contributed by atoms with Crippen LogP contribution in [0.2, 0.25) is 0 Å². The fourth-order valence-electron chi connectivity index (χ4n) is 5.96. The predicted molar refractivity (Wildman–Crippen MR) is 155 cm³/mol. The molecular formula is C32H31NO7S. The van der Waals surface area contributed by atoms with E-state index in [0.29, 0.717) is 47.7 Å². The number of aryl methyl sites for hydroxylation is 2. The summed E-state index contributed by atoms with van der Waals surface area (Å²) in [7, 11) is -3.31. The summed E-state index contributed by atoms with van der Waals surface area (Å²) in [5, 5.41) is 0.396. The van der Waals surface area contributed by atoms with Crippen LogP contribution in [-0.2, 0) is 16.4 Å². The van der Waals surface area contributed by atoms with E-state index in [2.05, 4.69) is 0 Å². The normalized spacial score (nSPS) is 19.5. The van der Waals surface area contributed by atoms with Crippen molar-refractivity contribution >= 4 is 26.7 Å². The molecule has 2 unspecified atom stereocenters. The molecule has 3 aromatic carbocycles. The van der Waals surface area contributed by atoms with Gasteiger partial charge in [0.25, 0.3) is 5.91 Å². The number of rotatable bonds is 7. The van der Waals surface area contributed by atoms with Crippen molar-refractivity contribution in [2.75, 3.05) is 18.1 Å². The number of nitrogens with zero attached hydrogens (tertiary/aromatic N) is 1. The first-order valence-corrected chi connectivity index (χ1v) is 15.5. The molecule has 1 aromatic heterocycles. The Morgan fingerprint density at radius 2 is 1.76 bits per heavy atom. The van der Waals surface area contributed by atoms with Crippen LogP contribution in [-0.4, -0.2) is 43.4 Å². The first-order valence-electron chi connectivity index (χ1n) is 13.7. The highest BCUT2D eigenvalue weighted by Gasteiger charge is 2.48. The van der Waals surface area contributed by atoms with Gasteiger partial charge in [0.2, 0.25) is 5.76 Å². The summed E-state index contributed by atoms with van der Waals surface area (Å²) in [5.41, 5.74) is 3.57. The SMILES string of the molecule is CCOc1cc(C2c3c(oc4c(C)cc(C)cc4c3=O)C(=O)N2C2CCS(=O)(=O)C2)ccc1OCc1ccccc1. The third-order valence-corrected chi connectivity index (χ3v) is 9.51. The lowest BCUT2D eigenvalue weighted by Gasteiger charge is -2.30. The monoisotopic (exact) mass is 573 g/mol. The van der Waals surface area contributed by atoms with Gasteiger partial charge in [-0.1, -0.05) is 42.5 Å². The minimum absolute atomic E-state index is 0.0113. The van der Waals surface area contributed by atoms with E-state index in [9.17, 15) is 18.0 Å². The Hall–Kier alpha value is -4.11. The quantitative estimate of drug-likeness (QED) is 0.302. The Bertz CT molecular complexity index is 1830. The lowest BCUT2D eigenvalue weighted by Crippen LogP contribution is -2.40. The Morgan fingerprint density at radius 1 is 0.976 bits per heavy atom. The van der Waals surface area contributed by atoms with Gasteiger partial charge in [-0.2, -0.15) is 0 Å². The molecule has 6 rings (SSSR count). The van der Waals surface area contributed by atoms with Gasteiger partial charge < -0.3 is 18.8 Å². The second-order valence-electron chi connectivity index (χ2n) is 10.7. The highest BCUT2D eigenvalue weighted by molar-refractivity contribution is 7.91. The zero-order valence-corrected chi connectivity index (χ0v) is 24.0. The first kappa shape index (κ1) is 27.1. The molecule has 1 fully saturated rings. The van der Waals surface area contributed by atoms with Crippen LogP contribution in [0.4, 0.5) is 0 Å². The number of fused-ring (bicyclic) bond motifs is 2. The van der Waals surface area contributed by atoms with Gasteiger partial charge in [0.1, 0.15) is 12.2 Å². The van der Waals surface area contributed by atoms with E-state index in [4.69, 9.17) is 13.9 Å². The van der Waals surface area contributed by atoms with Crippen LogP contribution in [0.5, 0.6) is 11.5 Å². The topological polar surface area (TPSA) is 103 Å². The van der Waals surface area contributed by atoms with Crippen molar-refractivity contribution in [3.8, 4) is 11.5 Å². The molecular weight excluding hydrogens is 542 g/mol. The summed E-state index contributed by atoms with van der Waals surface area (Å²) in [6, 6.07) is 17.4. The van der Waals surface area contributed by atoms with Crippen LogP contribution < -0.4 is 14.9 Å². The van der Waals surface area contributed by atoms with Gasteiger partial charge in [0.05, 0.1) is 35.1 Å². The van der Waals surface area contributed by atoms with Gasteiger partial charge in [-0.05, 0) is 67.6 Å². The summed E-state index contributed by atoms with van der Waals surface area (Å²) in [5.74, 6) is 0.307. The third-order valence-electron chi connectivity index (χ3n) is 7.76. The molecule has 0 bridgehead atoms. The van der Waals surface area contributed by atoms with Crippen LogP contribution in [0.15, 0.2) is 69.9 Å². The molecule has 2 atom stereocenters. The second-order valence-corrected chi connectivity index (χ2v) is 12.9. The molecule has 0 aliphatic carbocycles. The van der Waals surface area contributed by atoms with Gasteiger partial charge in [0, 0.05) is 6.04 Å². The maximum Gasteiger partial charge on any atom is 0.291 e. The van der Waals surface area contributed by atoms with E-state index in [1.165, 1.54) is 4.90 Å². The van der Waals surface area contributed by atoms with E-state index in [0.717, 1.165) is 16.7 Å². The Kier molecular flexibility index (Phi) is 6.85. The standard InChI is InChI=1S/C32H31NO7S/c1-4-38-26-16-22(10-11-25(26)39-17-21-8-6-5-7-9-21)28-27-29(34)24-15-19(2)14-20(3)30(24)40-31(27)32(35)33(28)23-12-13-41(36,37)18-23/h5-11,14-16,23,28H,4,12-13,17-18H2,1-3H3. The van der Waals surface area contributed by atoms with Crippen molar-refractivity contribution in [2.45, 2.75) is 45.9 Å². The van der Waals surface area contributed by atoms with Crippen molar-refractivity contribution in [1.82, 2.24) is 4.90 Å². The number of benzene rings is 3. The number of sulfone groups is 1. The van der Waals surface area contributed by atoms with Gasteiger partial charge in [0.15, 0.2) is 26.8 Å². The number of hydrogen-bond acceptors (Lipinski definition) is 7. The highest BCUT2D eigenvalue weighted by atomic mass is 32.2. The number of carbonyl (C=O) groups excluding carboxylic acids is 1. The Labute approximate surface area is 238 Å². The second kappa shape index (κ2) is 10.4. The lowest BCUT2D eigenvalue weighted by atomic mass is 9.96. The average Bonchev–Trinajstić information content (AvgIpc) is 3.45. The molecule has 8 nitrogen and oxygen atoms in total. The van der Waals surface area contributed by atoms with E-state index in [1.54, 1.807) is 24.3 Å². The van der Waals surface area contributed by atoms with E-state index >= 15 is 0 Å². The first-order chi connectivity index (χ1) is 19.7. The maximum atomic E-state index is 14.1. The minimum atomic E-state index is -3.31. The lowest BCUT2D eigenvalue weighted by molar-refractivity contribution is 0.0662. The van der Waals surface area contributed by atoms with Gasteiger partial charge in [-0.25, -0.2) is 8.42 Å². The van der Waals surface area contributed by atoms with Gasteiger partial charge >= 0.3 is 0 Å². The molecule has 41 heavy (non-hydrogen) atoms. The average molecular weight is 574 g/mol. The Morgan fingerprint density at radius 3 is 2.46 bits per heavy atom. The minimum Gasteiger partial charge on any atom is -0.490 e.